The Morgan fingerprint density at radius 3 is 2.55 bits per heavy atom. The van der Waals surface area contributed by atoms with Crippen molar-refractivity contribution < 1.29 is 14.3 Å². The molecule has 0 atom stereocenters. The van der Waals surface area contributed by atoms with Crippen molar-refractivity contribution in [3.63, 3.8) is 0 Å². The zero-order valence-electron chi connectivity index (χ0n) is 11.2. The van der Waals surface area contributed by atoms with Gasteiger partial charge in [0, 0.05) is 12.2 Å². The highest BCUT2D eigenvalue weighted by Gasteiger charge is 2.09. The first-order chi connectivity index (χ1) is 9.56. The van der Waals surface area contributed by atoms with E-state index in [1.165, 1.54) is 12.1 Å². The molecule has 0 bridgehead atoms. The number of carbonyl (C=O) groups is 1. The summed E-state index contributed by atoms with van der Waals surface area (Å²) in [7, 11) is 0. The number of halogens is 1. The van der Waals surface area contributed by atoms with E-state index in [9.17, 15) is 9.18 Å². The Bertz CT molecular complexity index is 608. The summed E-state index contributed by atoms with van der Waals surface area (Å²) in [5.41, 5.74) is 2.87. The van der Waals surface area contributed by atoms with Gasteiger partial charge in [0.15, 0.2) is 0 Å². The summed E-state index contributed by atoms with van der Waals surface area (Å²) >= 11 is 0. The first-order valence-electron chi connectivity index (χ1n) is 6.38. The lowest BCUT2D eigenvalue weighted by Gasteiger charge is -2.10. The Hall–Kier alpha value is -2.36. The van der Waals surface area contributed by atoms with E-state index < -0.39 is 5.97 Å². The molecule has 0 spiro atoms. The van der Waals surface area contributed by atoms with Crippen LogP contribution in [-0.2, 0) is 6.42 Å². The molecule has 0 aliphatic carbocycles. The molecule has 3 nitrogen and oxygen atoms in total. The van der Waals surface area contributed by atoms with Crippen LogP contribution in [0.4, 0.5) is 10.1 Å². The van der Waals surface area contributed by atoms with Crippen molar-refractivity contribution in [1.29, 1.82) is 0 Å². The zero-order chi connectivity index (χ0) is 14.5. The molecule has 2 aromatic rings. The number of aromatic carboxylic acids is 1. The number of nitrogens with one attached hydrogen (secondary N) is 1. The van der Waals surface area contributed by atoms with Gasteiger partial charge in [0.25, 0.3) is 0 Å². The summed E-state index contributed by atoms with van der Waals surface area (Å²) in [6, 6.07) is 11.5. The van der Waals surface area contributed by atoms with Crippen LogP contribution in [-0.4, -0.2) is 17.6 Å². The number of carboxylic acids is 1. The van der Waals surface area contributed by atoms with Gasteiger partial charge in [0.2, 0.25) is 0 Å². The number of hydrogen-bond donors (Lipinski definition) is 2. The molecule has 0 saturated heterocycles. The average molecular weight is 273 g/mol. The minimum Gasteiger partial charge on any atom is -0.478 e. The zero-order valence-corrected chi connectivity index (χ0v) is 11.2. The van der Waals surface area contributed by atoms with Crippen molar-refractivity contribution in [2.45, 2.75) is 13.3 Å². The molecule has 104 valence electrons. The van der Waals surface area contributed by atoms with Gasteiger partial charge < -0.3 is 10.4 Å². The summed E-state index contributed by atoms with van der Waals surface area (Å²) in [6.45, 7) is 2.51. The fraction of sp³-hybridized carbons (Fsp3) is 0.188. The average Bonchev–Trinajstić information content (AvgIpc) is 2.41. The first-order valence-corrected chi connectivity index (χ1v) is 6.38. The summed E-state index contributed by atoms with van der Waals surface area (Å²) in [5.74, 6) is -1.21. The minimum absolute atomic E-state index is 0.256. The number of anilines is 1. The van der Waals surface area contributed by atoms with E-state index in [-0.39, 0.29) is 11.4 Å². The number of aryl methyl sites for hydroxylation is 1. The number of rotatable bonds is 5. The Kier molecular flexibility index (Phi) is 4.35. The van der Waals surface area contributed by atoms with E-state index in [1.54, 1.807) is 24.3 Å². The van der Waals surface area contributed by atoms with Crippen molar-refractivity contribution in [3.05, 3.63) is 65.0 Å². The van der Waals surface area contributed by atoms with Gasteiger partial charge in [-0.05, 0) is 48.7 Å². The van der Waals surface area contributed by atoms with Gasteiger partial charge in [0.05, 0.1) is 5.56 Å². The van der Waals surface area contributed by atoms with Crippen molar-refractivity contribution in [1.82, 2.24) is 0 Å². The quantitative estimate of drug-likeness (QED) is 0.876. The van der Waals surface area contributed by atoms with Crippen LogP contribution in [0, 0.1) is 12.7 Å². The van der Waals surface area contributed by atoms with E-state index in [1.807, 2.05) is 13.0 Å². The SMILES string of the molecule is Cc1ccc(C(=O)O)c(NCCc2ccc(F)cc2)c1. The molecule has 0 amide bonds. The smallest absolute Gasteiger partial charge is 0.337 e. The van der Waals surface area contributed by atoms with Gasteiger partial charge in [-0.25, -0.2) is 9.18 Å². The molecular formula is C16H16FNO2. The molecule has 0 aromatic heterocycles. The number of hydrogen-bond acceptors (Lipinski definition) is 2. The second-order valence-electron chi connectivity index (χ2n) is 4.66. The molecule has 0 radical (unpaired) electrons. The molecule has 0 heterocycles. The standard InChI is InChI=1S/C16H16FNO2/c1-11-2-7-14(16(19)20)15(10-11)18-9-8-12-3-5-13(17)6-4-12/h2-7,10,18H,8-9H2,1H3,(H,19,20). The molecule has 0 saturated carbocycles. The van der Waals surface area contributed by atoms with E-state index >= 15 is 0 Å². The van der Waals surface area contributed by atoms with E-state index in [4.69, 9.17) is 5.11 Å². The third-order valence-electron chi connectivity index (χ3n) is 3.05. The number of benzene rings is 2. The van der Waals surface area contributed by atoms with Crippen LogP contribution in [0.2, 0.25) is 0 Å². The van der Waals surface area contributed by atoms with Crippen molar-refractivity contribution >= 4 is 11.7 Å². The predicted octanol–water partition coefficient (Wildman–Crippen LogP) is 3.49. The third kappa shape index (κ3) is 3.57. The van der Waals surface area contributed by atoms with Crippen molar-refractivity contribution in [2.24, 2.45) is 0 Å². The summed E-state index contributed by atoms with van der Waals surface area (Å²) in [5, 5.41) is 12.2. The second-order valence-corrected chi connectivity index (χ2v) is 4.66. The first kappa shape index (κ1) is 14.1. The monoisotopic (exact) mass is 273 g/mol. The van der Waals surface area contributed by atoms with Crippen LogP contribution in [0.5, 0.6) is 0 Å². The van der Waals surface area contributed by atoms with Gasteiger partial charge in [-0.15, -0.1) is 0 Å². The van der Waals surface area contributed by atoms with Crippen LogP contribution < -0.4 is 5.32 Å². The van der Waals surface area contributed by atoms with E-state index in [2.05, 4.69) is 5.32 Å². The maximum atomic E-state index is 12.8. The van der Waals surface area contributed by atoms with Gasteiger partial charge in [-0.3, -0.25) is 0 Å². The summed E-state index contributed by atoms with van der Waals surface area (Å²) in [6.07, 6.45) is 0.702. The van der Waals surface area contributed by atoms with Crippen LogP contribution in [0.3, 0.4) is 0 Å². The Balaban J connectivity index is 2.02. The molecule has 0 fully saturated rings. The maximum absolute atomic E-state index is 12.8. The Morgan fingerprint density at radius 1 is 1.20 bits per heavy atom. The van der Waals surface area contributed by atoms with Crippen LogP contribution >= 0.6 is 0 Å². The maximum Gasteiger partial charge on any atom is 0.337 e. The summed E-state index contributed by atoms with van der Waals surface area (Å²) in [4.78, 5) is 11.1. The molecule has 2 rings (SSSR count). The largest absolute Gasteiger partial charge is 0.478 e. The van der Waals surface area contributed by atoms with Crippen molar-refractivity contribution in [3.8, 4) is 0 Å². The molecule has 2 aromatic carbocycles. The fourth-order valence-electron chi connectivity index (χ4n) is 1.98. The molecular weight excluding hydrogens is 257 g/mol. The lowest BCUT2D eigenvalue weighted by atomic mass is 10.1. The molecule has 2 N–H and O–H groups in total. The minimum atomic E-state index is -0.950. The lowest BCUT2D eigenvalue weighted by Crippen LogP contribution is -2.09. The highest BCUT2D eigenvalue weighted by molar-refractivity contribution is 5.94. The summed E-state index contributed by atoms with van der Waals surface area (Å²) < 4.78 is 12.8. The van der Waals surface area contributed by atoms with Gasteiger partial charge in [-0.1, -0.05) is 18.2 Å². The predicted molar refractivity (Wildman–Crippen MR) is 76.7 cm³/mol. The van der Waals surface area contributed by atoms with Gasteiger partial charge >= 0.3 is 5.97 Å². The lowest BCUT2D eigenvalue weighted by molar-refractivity contribution is 0.0698. The normalized spacial score (nSPS) is 10.3. The van der Waals surface area contributed by atoms with Crippen LogP contribution in [0.25, 0.3) is 0 Å². The molecule has 0 aliphatic heterocycles. The molecule has 4 heteroatoms. The highest BCUT2D eigenvalue weighted by Crippen LogP contribution is 2.17. The van der Waals surface area contributed by atoms with Gasteiger partial charge in [-0.2, -0.15) is 0 Å². The fourth-order valence-corrected chi connectivity index (χ4v) is 1.98. The van der Waals surface area contributed by atoms with Crippen molar-refractivity contribution in [2.75, 3.05) is 11.9 Å². The highest BCUT2D eigenvalue weighted by atomic mass is 19.1. The molecule has 0 aliphatic rings. The Morgan fingerprint density at radius 2 is 1.90 bits per heavy atom. The van der Waals surface area contributed by atoms with Crippen LogP contribution in [0.1, 0.15) is 21.5 Å². The number of carboxylic acid groups (broad SMARTS) is 1. The van der Waals surface area contributed by atoms with E-state index in [0.717, 1.165) is 11.1 Å². The Labute approximate surface area is 117 Å². The third-order valence-corrected chi connectivity index (χ3v) is 3.05. The molecule has 20 heavy (non-hydrogen) atoms. The van der Waals surface area contributed by atoms with E-state index in [0.29, 0.717) is 18.7 Å². The van der Waals surface area contributed by atoms with Crippen LogP contribution in [0.15, 0.2) is 42.5 Å². The molecule has 0 unspecified atom stereocenters. The van der Waals surface area contributed by atoms with Gasteiger partial charge in [0.1, 0.15) is 5.82 Å². The second kappa shape index (κ2) is 6.19. The topological polar surface area (TPSA) is 49.3 Å².